The molecule has 1 aliphatic heterocycles. The fourth-order valence-corrected chi connectivity index (χ4v) is 5.34. The smallest absolute Gasteiger partial charge is 0.301 e. The molecule has 0 bridgehead atoms. The number of nitrogens with zero attached hydrogens (tertiary/aromatic N) is 3. The maximum Gasteiger partial charge on any atom is 0.301 e. The van der Waals surface area contributed by atoms with Crippen LogP contribution in [-0.4, -0.2) is 47.6 Å². The number of Topliss-reactive ketones (excluding diaryl/α,β-unsaturated/α-hetero) is 1. The predicted molar refractivity (Wildman–Crippen MR) is 139 cm³/mol. The van der Waals surface area contributed by atoms with E-state index in [4.69, 9.17) is 14.2 Å². The largest absolute Gasteiger partial charge is 0.506 e. The molecule has 37 heavy (non-hydrogen) atoms. The van der Waals surface area contributed by atoms with Gasteiger partial charge in [-0.2, -0.15) is 0 Å². The van der Waals surface area contributed by atoms with Crippen LogP contribution in [0.2, 0.25) is 0 Å². The Kier molecular flexibility index (Phi) is 6.49. The Labute approximate surface area is 216 Å². The van der Waals surface area contributed by atoms with Crippen LogP contribution in [0.3, 0.4) is 0 Å². The number of ether oxygens (including phenoxy) is 3. The molecule has 0 spiro atoms. The number of benzene rings is 2. The average Bonchev–Trinajstić information content (AvgIpc) is 3.46. The maximum atomic E-state index is 13.5. The molecule has 0 aliphatic carbocycles. The number of aliphatic hydroxyl groups is 1. The summed E-state index contributed by atoms with van der Waals surface area (Å²) in [7, 11) is 2.88. The first-order chi connectivity index (χ1) is 18.0. The minimum absolute atomic E-state index is 0.138. The Balaban J connectivity index is 1.73. The predicted octanol–water partition coefficient (Wildman–Crippen LogP) is 4.73. The van der Waals surface area contributed by atoms with Gasteiger partial charge in [0.15, 0.2) is 5.13 Å². The van der Waals surface area contributed by atoms with E-state index in [1.165, 1.54) is 30.5 Å². The number of ketones is 1. The van der Waals surface area contributed by atoms with Crippen molar-refractivity contribution >= 4 is 44.1 Å². The number of thiazole rings is 1. The van der Waals surface area contributed by atoms with E-state index in [-0.39, 0.29) is 22.6 Å². The van der Waals surface area contributed by atoms with Gasteiger partial charge < -0.3 is 19.3 Å². The fourth-order valence-electron chi connectivity index (χ4n) is 4.32. The minimum atomic E-state index is -1.03. The van der Waals surface area contributed by atoms with Crippen molar-refractivity contribution in [3.63, 3.8) is 0 Å². The third kappa shape index (κ3) is 4.15. The van der Waals surface area contributed by atoms with Crippen LogP contribution in [0.1, 0.15) is 24.2 Å². The Morgan fingerprint density at radius 1 is 1.05 bits per heavy atom. The summed E-state index contributed by atoms with van der Waals surface area (Å²) in [5.74, 6) is -0.870. The van der Waals surface area contributed by atoms with Gasteiger partial charge in [0.1, 0.15) is 34.6 Å². The quantitative estimate of drug-likeness (QED) is 0.213. The highest BCUT2D eigenvalue weighted by Gasteiger charge is 2.49. The summed E-state index contributed by atoms with van der Waals surface area (Å²) < 4.78 is 17.2. The SMILES string of the molecule is CCOc1ccc2nc(N3C(=O)C(=O)/C(=C(/O)c4c(OC)cccc4OC)C3c3ccccn3)sc2c1. The van der Waals surface area contributed by atoms with Crippen molar-refractivity contribution in [1.29, 1.82) is 0 Å². The van der Waals surface area contributed by atoms with E-state index in [2.05, 4.69) is 9.97 Å². The zero-order chi connectivity index (χ0) is 26.1. The molecule has 10 heteroatoms. The normalized spacial score (nSPS) is 16.8. The molecular formula is C27H23N3O6S. The summed E-state index contributed by atoms with van der Waals surface area (Å²) in [5, 5.41) is 11.8. The summed E-state index contributed by atoms with van der Waals surface area (Å²) in [6, 6.07) is 14.5. The number of hydrogen-bond donors (Lipinski definition) is 1. The van der Waals surface area contributed by atoms with Crippen LogP contribution in [-0.2, 0) is 9.59 Å². The monoisotopic (exact) mass is 517 g/mol. The number of carbonyl (C=O) groups is 2. The highest BCUT2D eigenvalue weighted by Crippen LogP contribution is 2.46. The van der Waals surface area contributed by atoms with Gasteiger partial charge in [-0.25, -0.2) is 4.98 Å². The summed E-state index contributed by atoms with van der Waals surface area (Å²) in [5.41, 5.74) is 1.07. The molecule has 9 nitrogen and oxygen atoms in total. The molecule has 1 unspecified atom stereocenters. The van der Waals surface area contributed by atoms with E-state index >= 15 is 0 Å². The van der Waals surface area contributed by atoms with Gasteiger partial charge in [-0.05, 0) is 49.4 Å². The molecular weight excluding hydrogens is 494 g/mol. The standard InChI is InChI=1S/C27H23N3O6S/c1-4-36-15-11-12-16-20(14-15)37-27(29-16)30-23(17-8-5-6-13-28-17)22(25(32)26(30)33)24(31)21-18(34-2)9-7-10-19(21)35-3/h5-14,23,31H,4H2,1-3H3/b24-22+. The van der Waals surface area contributed by atoms with Gasteiger partial charge in [-0.1, -0.05) is 23.5 Å². The zero-order valence-corrected chi connectivity index (χ0v) is 21.1. The van der Waals surface area contributed by atoms with Gasteiger partial charge in [-0.3, -0.25) is 19.5 Å². The first-order valence-electron chi connectivity index (χ1n) is 11.4. The number of pyridine rings is 1. The van der Waals surface area contributed by atoms with Crippen LogP contribution in [0, 0.1) is 0 Å². The molecule has 188 valence electrons. The first-order valence-corrected chi connectivity index (χ1v) is 12.3. The van der Waals surface area contributed by atoms with Gasteiger partial charge in [0.05, 0.1) is 42.3 Å². The van der Waals surface area contributed by atoms with Crippen molar-refractivity contribution in [1.82, 2.24) is 9.97 Å². The summed E-state index contributed by atoms with van der Waals surface area (Å²) in [4.78, 5) is 37.3. The lowest BCUT2D eigenvalue weighted by Gasteiger charge is -2.22. The molecule has 1 atom stereocenters. The molecule has 3 heterocycles. The van der Waals surface area contributed by atoms with Crippen molar-refractivity contribution in [3.05, 3.63) is 77.6 Å². The second-order valence-electron chi connectivity index (χ2n) is 8.02. The molecule has 1 amide bonds. The van der Waals surface area contributed by atoms with Crippen molar-refractivity contribution < 1.29 is 28.9 Å². The second kappa shape index (κ2) is 9.90. The lowest BCUT2D eigenvalue weighted by atomic mass is 9.97. The number of anilines is 1. The number of hydrogen-bond acceptors (Lipinski definition) is 9. The Morgan fingerprint density at radius 2 is 1.81 bits per heavy atom. The van der Waals surface area contributed by atoms with Crippen molar-refractivity contribution in [2.45, 2.75) is 13.0 Å². The van der Waals surface area contributed by atoms with Crippen LogP contribution in [0.15, 0.2) is 66.4 Å². The topological polar surface area (TPSA) is 111 Å². The van der Waals surface area contributed by atoms with E-state index in [0.29, 0.717) is 28.7 Å². The summed E-state index contributed by atoms with van der Waals surface area (Å²) in [6.07, 6.45) is 1.56. The summed E-state index contributed by atoms with van der Waals surface area (Å²) >= 11 is 1.24. The highest BCUT2D eigenvalue weighted by atomic mass is 32.1. The lowest BCUT2D eigenvalue weighted by Crippen LogP contribution is -2.29. The van der Waals surface area contributed by atoms with Crippen molar-refractivity contribution in [2.24, 2.45) is 0 Å². The highest BCUT2D eigenvalue weighted by molar-refractivity contribution is 7.22. The third-order valence-corrected chi connectivity index (χ3v) is 6.96. The number of methoxy groups -OCH3 is 2. The van der Waals surface area contributed by atoms with Gasteiger partial charge in [0.25, 0.3) is 5.78 Å². The van der Waals surface area contributed by atoms with Crippen LogP contribution in [0.25, 0.3) is 16.0 Å². The number of amides is 1. The van der Waals surface area contributed by atoms with Crippen molar-refractivity contribution in [2.75, 3.05) is 25.7 Å². The van der Waals surface area contributed by atoms with Crippen LogP contribution in [0.5, 0.6) is 17.2 Å². The lowest BCUT2D eigenvalue weighted by molar-refractivity contribution is -0.132. The molecule has 0 radical (unpaired) electrons. The average molecular weight is 518 g/mol. The Hall–Kier alpha value is -4.44. The minimum Gasteiger partial charge on any atom is -0.506 e. The molecule has 1 aliphatic rings. The maximum absolute atomic E-state index is 13.5. The Morgan fingerprint density at radius 3 is 2.46 bits per heavy atom. The Bertz CT molecular complexity index is 1510. The third-order valence-electron chi connectivity index (χ3n) is 5.94. The second-order valence-corrected chi connectivity index (χ2v) is 9.03. The first kappa shape index (κ1) is 24.3. The fraction of sp³-hybridized carbons (Fsp3) is 0.185. The number of fused-ring (bicyclic) bond motifs is 1. The van der Waals surface area contributed by atoms with E-state index < -0.39 is 23.5 Å². The van der Waals surface area contributed by atoms with Gasteiger partial charge >= 0.3 is 5.91 Å². The number of carbonyl (C=O) groups excluding carboxylic acids is 2. The van der Waals surface area contributed by atoms with Gasteiger partial charge in [0.2, 0.25) is 0 Å². The van der Waals surface area contributed by atoms with E-state index in [9.17, 15) is 14.7 Å². The molecule has 4 aromatic rings. The number of aromatic nitrogens is 2. The zero-order valence-electron chi connectivity index (χ0n) is 20.3. The van der Waals surface area contributed by atoms with Crippen LogP contribution >= 0.6 is 11.3 Å². The van der Waals surface area contributed by atoms with E-state index in [1.54, 1.807) is 54.7 Å². The molecule has 2 aromatic heterocycles. The van der Waals surface area contributed by atoms with Gasteiger partial charge in [-0.15, -0.1) is 0 Å². The molecule has 0 saturated carbocycles. The molecule has 5 rings (SSSR count). The van der Waals surface area contributed by atoms with Crippen LogP contribution in [0.4, 0.5) is 5.13 Å². The molecule has 1 saturated heterocycles. The number of rotatable bonds is 7. The van der Waals surface area contributed by atoms with Gasteiger partial charge in [0, 0.05) is 6.20 Å². The van der Waals surface area contributed by atoms with E-state index in [0.717, 1.165) is 4.70 Å². The summed E-state index contributed by atoms with van der Waals surface area (Å²) in [6.45, 7) is 2.41. The number of aliphatic hydroxyl groups excluding tert-OH is 1. The van der Waals surface area contributed by atoms with E-state index in [1.807, 2.05) is 13.0 Å². The molecule has 1 N–H and O–H groups in total. The molecule has 1 fully saturated rings. The van der Waals surface area contributed by atoms with Crippen molar-refractivity contribution in [3.8, 4) is 17.2 Å². The molecule has 2 aromatic carbocycles. The van der Waals surface area contributed by atoms with Crippen LogP contribution < -0.4 is 19.1 Å².